The van der Waals surface area contributed by atoms with E-state index in [2.05, 4.69) is 9.97 Å². The molecular formula is C13H20N4O4. The van der Waals surface area contributed by atoms with Gasteiger partial charge in [0, 0.05) is 19.5 Å². The van der Waals surface area contributed by atoms with Crippen LogP contribution < -0.4 is 10.5 Å². The minimum absolute atomic E-state index is 0.372. The van der Waals surface area contributed by atoms with Gasteiger partial charge in [0.2, 0.25) is 5.65 Å². The molecule has 0 aliphatic carbocycles. The number of hydrogen-bond acceptors (Lipinski definition) is 7. The molecule has 0 amide bonds. The van der Waals surface area contributed by atoms with Crippen LogP contribution in [0, 0.1) is 0 Å². The third-order valence-electron chi connectivity index (χ3n) is 2.63. The van der Waals surface area contributed by atoms with Crippen LogP contribution in [0.25, 0.3) is 5.65 Å². The van der Waals surface area contributed by atoms with E-state index in [9.17, 15) is 0 Å². The second kappa shape index (κ2) is 8.40. The Morgan fingerprint density at radius 1 is 1.10 bits per heavy atom. The molecule has 0 aliphatic heterocycles. The fourth-order valence-corrected chi connectivity index (χ4v) is 1.68. The van der Waals surface area contributed by atoms with Crippen LogP contribution in [0.15, 0.2) is 18.6 Å². The molecule has 0 unspecified atom stereocenters. The highest BCUT2D eigenvalue weighted by atomic mass is 16.6. The fourth-order valence-electron chi connectivity index (χ4n) is 1.68. The minimum Gasteiger partial charge on any atom is -0.473 e. The van der Waals surface area contributed by atoms with Crippen molar-refractivity contribution < 1.29 is 18.9 Å². The molecule has 8 nitrogen and oxygen atoms in total. The van der Waals surface area contributed by atoms with Crippen LogP contribution in [0.4, 0.5) is 5.82 Å². The van der Waals surface area contributed by atoms with E-state index in [0.717, 1.165) is 0 Å². The van der Waals surface area contributed by atoms with E-state index >= 15 is 0 Å². The molecule has 0 aromatic carbocycles. The molecule has 0 bridgehead atoms. The van der Waals surface area contributed by atoms with E-state index in [1.807, 2.05) is 0 Å². The molecule has 0 saturated heterocycles. The molecule has 0 aliphatic rings. The lowest BCUT2D eigenvalue weighted by Crippen LogP contribution is -2.13. The maximum absolute atomic E-state index is 5.70. The summed E-state index contributed by atoms with van der Waals surface area (Å²) in [7, 11) is 1.64. The van der Waals surface area contributed by atoms with Crippen molar-refractivity contribution >= 4 is 11.5 Å². The number of nitrogen functional groups attached to an aromatic ring is 1. The van der Waals surface area contributed by atoms with Gasteiger partial charge in [-0.05, 0) is 0 Å². The van der Waals surface area contributed by atoms with Crippen LogP contribution in [0.1, 0.15) is 0 Å². The number of anilines is 1. The van der Waals surface area contributed by atoms with Gasteiger partial charge in [-0.25, -0.2) is 4.98 Å². The molecule has 2 rings (SSSR count). The zero-order valence-corrected chi connectivity index (χ0v) is 12.0. The van der Waals surface area contributed by atoms with E-state index in [1.54, 1.807) is 30.1 Å². The van der Waals surface area contributed by atoms with Gasteiger partial charge in [-0.2, -0.15) is 4.98 Å². The smallest absolute Gasteiger partial charge is 0.260 e. The first-order chi connectivity index (χ1) is 10.3. The topological polar surface area (TPSA) is 93.1 Å². The van der Waals surface area contributed by atoms with E-state index in [0.29, 0.717) is 57.0 Å². The molecular weight excluding hydrogens is 276 g/mol. The zero-order valence-electron chi connectivity index (χ0n) is 12.0. The molecule has 2 N–H and O–H groups in total. The Hall–Kier alpha value is -1.90. The number of imidazole rings is 1. The van der Waals surface area contributed by atoms with Gasteiger partial charge in [-0.3, -0.25) is 4.40 Å². The standard InChI is InChI=1S/C13H20N4O4/c1-18-4-5-19-6-7-20-8-9-21-13-12-15-2-3-17(12)10-11(14)16-13/h2-3,10H,4-9,14H2,1H3. The highest BCUT2D eigenvalue weighted by Gasteiger charge is 2.07. The van der Waals surface area contributed by atoms with Crippen molar-refractivity contribution in [2.75, 3.05) is 52.5 Å². The number of methoxy groups -OCH3 is 1. The fraction of sp³-hybridized carbons (Fsp3) is 0.538. The van der Waals surface area contributed by atoms with Gasteiger partial charge in [-0.1, -0.05) is 0 Å². The number of ether oxygens (including phenoxy) is 4. The van der Waals surface area contributed by atoms with Gasteiger partial charge in [0.15, 0.2) is 0 Å². The van der Waals surface area contributed by atoms with Gasteiger partial charge in [0.25, 0.3) is 5.88 Å². The number of aromatic nitrogens is 3. The van der Waals surface area contributed by atoms with Crippen LogP contribution in [0.2, 0.25) is 0 Å². The zero-order chi connectivity index (χ0) is 14.9. The lowest BCUT2D eigenvalue weighted by atomic mass is 10.6. The first-order valence-corrected chi connectivity index (χ1v) is 6.67. The van der Waals surface area contributed by atoms with E-state index in [1.165, 1.54) is 0 Å². The normalized spacial score (nSPS) is 11.1. The highest BCUT2D eigenvalue weighted by Crippen LogP contribution is 2.16. The average Bonchev–Trinajstić information content (AvgIpc) is 2.93. The van der Waals surface area contributed by atoms with E-state index < -0.39 is 0 Å². The molecule has 2 aromatic heterocycles. The van der Waals surface area contributed by atoms with Gasteiger partial charge < -0.3 is 24.7 Å². The molecule has 0 spiro atoms. The van der Waals surface area contributed by atoms with Crippen molar-refractivity contribution in [3.63, 3.8) is 0 Å². The summed E-state index contributed by atoms with van der Waals surface area (Å²) in [6.07, 6.45) is 5.13. The summed E-state index contributed by atoms with van der Waals surface area (Å²) < 4.78 is 22.8. The quantitative estimate of drug-likeness (QED) is 0.633. The number of hydrogen-bond donors (Lipinski definition) is 1. The van der Waals surface area contributed by atoms with Crippen molar-refractivity contribution in [2.45, 2.75) is 0 Å². The maximum atomic E-state index is 5.70. The van der Waals surface area contributed by atoms with E-state index in [-0.39, 0.29) is 0 Å². The minimum atomic E-state index is 0.372. The number of fused-ring (bicyclic) bond motifs is 1. The summed E-state index contributed by atoms with van der Waals surface area (Å²) in [4.78, 5) is 8.28. The Kier molecular flexibility index (Phi) is 6.20. The summed E-state index contributed by atoms with van der Waals surface area (Å²) in [5.74, 6) is 0.780. The Balaban J connectivity index is 1.65. The van der Waals surface area contributed by atoms with Crippen LogP contribution in [-0.4, -0.2) is 61.1 Å². The van der Waals surface area contributed by atoms with Crippen LogP contribution in [-0.2, 0) is 14.2 Å². The first-order valence-electron chi connectivity index (χ1n) is 6.67. The molecule has 0 fully saturated rings. The molecule has 0 saturated carbocycles. The van der Waals surface area contributed by atoms with Gasteiger partial charge >= 0.3 is 0 Å². The highest BCUT2D eigenvalue weighted by molar-refractivity contribution is 5.52. The predicted octanol–water partition coefficient (Wildman–Crippen LogP) is 0.370. The molecule has 0 radical (unpaired) electrons. The molecule has 116 valence electrons. The molecule has 8 heteroatoms. The Morgan fingerprint density at radius 2 is 1.81 bits per heavy atom. The molecule has 0 atom stereocenters. The number of nitrogens with two attached hydrogens (primary N) is 1. The van der Waals surface area contributed by atoms with Crippen molar-refractivity contribution in [1.82, 2.24) is 14.4 Å². The second-order valence-corrected chi connectivity index (χ2v) is 4.20. The van der Waals surface area contributed by atoms with Crippen molar-refractivity contribution in [1.29, 1.82) is 0 Å². The first kappa shape index (κ1) is 15.5. The molecule has 2 heterocycles. The lowest BCUT2D eigenvalue weighted by Gasteiger charge is -2.08. The van der Waals surface area contributed by atoms with Crippen LogP contribution >= 0.6 is 0 Å². The summed E-state index contributed by atoms with van der Waals surface area (Å²) in [5, 5.41) is 0. The second-order valence-electron chi connectivity index (χ2n) is 4.20. The van der Waals surface area contributed by atoms with Crippen molar-refractivity contribution in [3.05, 3.63) is 18.6 Å². The van der Waals surface area contributed by atoms with Gasteiger partial charge in [0.1, 0.15) is 12.4 Å². The van der Waals surface area contributed by atoms with Crippen molar-refractivity contribution in [3.8, 4) is 5.88 Å². The van der Waals surface area contributed by atoms with E-state index in [4.69, 9.17) is 24.7 Å². The molecule has 2 aromatic rings. The third-order valence-corrected chi connectivity index (χ3v) is 2.63. The lowest BCUT2D eigenvalue weighted by molar-refractivity contribution is 0.0177. The Labute approximate surface area is 122 Å². The van der Waals surface area contributed by atoms with Crippen molar-refractivity contribution in [2.24, 2.45) is 0 Å². The average molecular weight is 296 g/mol. The largest absolute Gasteiger partial charge is 0.473 e. The number of nitrogens with zero attached hydrogens (tertiary/aromatic N) is 3. The summed E-state index contributed by atoms with van der Waals surface area (Å²) in [6.45, 7) is 3.01. The molecule has 21 heavy (non-hydrogen) atoms. The van der Waals surface area contributed by atoms with Crippen LogP contribution in [0.3, 0.4) is 0 Å². The monoisotopic (exact) mass is 296 g/mol. The SMILES string of the molecule is COCCOCCOCCOc1nc(N)cn2ccnc12. The Morgan fingerprint density at radius 3 is 2.57 bits per heavy atom. The number of rotatable bonds is 10. The van der Waals surface area contributed by atoms with Gasteiger partial charge in [0.05, 0.1) is 39.2 Å². The summed E-state index contributed by atoms with van der Waals surface area (Å²) in [6, 6.07) is 0. The predicted molar refractivity (Wildman–Crippen MR) is 76.4 cm³/mol. The van der Waals surface area contributed by atoms with Gasteiger partial charge in [-0.15, -0.1) is 0 Å². The Bertz CT molecular complexity index is 546. The summed E-state index contributed by atoms with van der Waals surface area (Å²) in [5.41, 5.74) is 6.33. The maximum Gasteiger partial charge on any atom is 0.260 e. The third kappa shape index (κ3) is 4.85. The summed E-state index contributed by atoms with van der Waals surface area (Å²) >= 11 is 0. The van der Waals surface area contributed by atoms with Crippen LogP contribution in [0.5, 0.6) is 5.88 Å².